The molecule has 0 aliphatic heterocycles. The first kappa shape index (κ1) is 16.9. The minimum atomic E-state index is -2.99. The number of ether oxygens (including phenoxy) is 1. The van der Waals surface area contributed by atoms with Gasteiger partial charge >= 0.3 is 0 Å². The molecule has 5 nitrogen and oxygen atoms in total. The van der Waals surface area contributed by atoms with Crippen molar-refractivity contribution in [2.24, 2.45) is 0 Å². The van der Waals surface area contributed by atoms with Gasteiger partial charge in [-0.2, -0.15) is 4.98 Å². The molecule has 21 heavy (non-hydrogen) atoms. The quantitative estimate of drug-likeness (QED) is 0.598. The Morgan fingerprint density at radius 3 is 2.76 bits per heavy atom. The lowest BCUT2D eigenvalue weighted by molar-refractivity contribution is -0.116. The van der Waals surface area contributed by atoms with Gasteiger partial charge in [0.1, 0.15) is 5.82 Å². The molecular formula is C14H19F2N3O2. The van der Waals surface area contributed by atoms with E-state index in [1.807, 2.05) is 13.0 Å². The summed E-state index contributed by atoms with van der Waals surface area (Å²) in [6.45, 7) is 3.33. The third-order valence-corrected chi connectivity index (χ3v) is 2.41. The summed E-state index contributed by atoms with van der Waals surface area (Å²) in [6.07, 6.45) is 1.39. The number of hydrogen-bond donors (Lipinski definition) is 2. The fourth-order valence-corrected chi connectivity index (χ4v) is 1.49. The molecule has 2 N–H and O–H groups in total. The largest absolute Gasteiger partial charge is 0.481 e. The van der Waals surface area contributed by atoms with E-state index < -0.39 is 11.8 Å². The zero-order valence-electron chi connectivity index (χ0n) is 12.2. The molecule has 0 aromatic carbocycles. The molecule has 0 saturated heterocycles. The molecular weight excluding hydrogens is 280 g/mol. The van der Waals surface area contributed by atoms with E-state index in [9.17, 15) is 13.6 Å². The van der Waals surface area contributed by atoms with Crippen molar-refractivity contribution in [1.82, 2.24) is 10.3 Å². The molecule has 0 fully saturated rings. The molecule has 0 saturated carbocycles. The van der Waals surface area contributed by atoms with Gasteiger partial charge in [0.15, 0.2) is 0 Å². The summed E-state index contributed by atoms with van der Waals surface area (Å²) in [7, 11) is 1.53. The number of carbonyl (C=O) groups is 1. The molecule has 1 aromatic rings. The average Bonchev–Trinajstić information content (AvgIpc) is 2.40. The van der Waals surface area contributed by atoms with Crippen molar-refractivity contribution < 1.29 is 18.3 Å². The topological polar surface area (TPSA) is 63.2 Å². The first-order valence-corrected chi connectivity index (χ1v) is 6.41. The number of aromatic nitrogens is 1. The van der Waals surface area contributed by atoms with Gasteiger partial charge in [-0.1, -0.05) is 0 Å². The monoisotopic (exact) mass is 299 g/mol. The van der Waals surface area contributed by atoms with Crippen LogP contribution in [-0.4, -0.2) is 37.0 Å². The van der Waals surface area contributed by atoms with Gasteiger partial charge in [0, 0.05) is 32.2 Å². The number of carbonyl (C=O) groups excluding carboxylic acids is 1. The molecule has 1 rings (SSSR count). The van der Waals surface area contributed by atoms with Crippen LogP contribution in [0, 0.1) is 6.92 Å². The number of rotatable bonds is 7. The molecule has 0 unspecified atom stereocenters. The van der Waals surface area contributed by atoms with E-state index in [1.165, 1.54) is 7.11 Å². The minimum Gasteiger partial charge on any atom is -0.481 e. The highest BCUT2D eigenvalue weighted by atomic mass is 19.3. The van der Waals surface area contributed by atoms with E-state index in [0.29, 0.717) is 24.3 Å². The molecule has 1 aromatic heterocycles. The van der Waals surface area contributed by atoms with Gasteiger partial charge in [-0.3, -0.25) is 4.79 Å². The molecule has 0 radical (unpaired) electrons. The predicted octanol–water partition coefficient (Wildman–Crippen LogP) is 2.14. The minimum absolute atomic E-state index is 0.288. The van der Waals surface area contributed by atoms with Crippen molar-refractivity contribution in [2.75, 3.05) is 25.5 Å². The number of methoxy groups -OCH3 is 1. The SMILES string of the molecule is COc1cc(C)cc(NCCNC(=O)C=CC(C)(F)F)n1. The second-order valence-corrected chi connectivity index (χ2v) is 4.58. The molecule has 0 spiro atoms. The zero-order valence-corrected chi connectivity index (χ0v) is 12.2. The van der Waals surface area contributed by atoms with Crippen LogP contribution in [0.2, 0.25) is 0 Å². The number of amides is 1. The van der Waals surface area contributed by atoms with Crippen LogP contribution in [0.4, 0.5) is 14.6 Å². The average molecular weight is 299 g/mol. The first-order valence-electron chi connectivity index (χ1n) is 6.41. The van der Waals surface area contributed by atoms with Gasteiger partial charge in [-0.15, -0.1) is 0 Å². The van der Waals surface area contributed by atoms with E-state index in [-0.39, 0.29) is 6.54 Å². The van der Waals surface area contributed by atoms with E-state index in [4.69, 9.17) is 4.74 Å². The van der Waals surface area contributed by atoms with Crippen molar-refractivity contribution in [3.05, 3.63) is 29.8 Å². The van der Waals surface area contributed by atoms with Crippen LogP contribution in [-0.2, 0) is 4.79 Å². The Morgan fingerprint density at radius 2 is 2.14 bits per heavy atom. The van der Waals surface area contributed by atoms with Crippen LogP contribution < -0.4 is 15.4 Å². The summed E-state index contributed by atoms with van der Waals surface area (Å²) in [6, 6.07) is 3.63. The summed E-state index contributed by atoms with van der Waals surface area (Å²) in [5.41, 5.74) is 0.987. The van der Waals surface area contributed by atoms with Gasteiger partial charge in [0.25, 0.3) is 5.92 Å². The van der Waals surface area contributed by atoms with Crippen LogP contribution in [0.25, 0.3) is 0 Å². The zero-order chi connectivity index (χ0) is 15.9. The molecule has 0 aliphatic rings. The standard InChI is InChI=1S/C14H19F2N3O2/c1-10-8-11(19-13(9-10)21-3)17-6-7-18-12(20)4-5-14(2,15)16/h4-5,8-9H,6-7H2,1-3H3,(H,17,19)(H,18,20). The predicted molar refractivity (Wildman–Crippen MR) is 76.8 cm³/mol. The van der Waals surface area contributed by atoms with Crippen LogP contribution in [0.3, 0.4) is 0 Å². The Morgan fingerprint density at radius 1 is 1.43 bits per heavy atom. The lowest BCUT2D eigenvalue weighted by Gasteiger charge is -2.09. The molecule has 1 heterocycles. The summed E-state index contributed by atoms with van der Waals surface area (Å²) >= 11 is 0. The maximum Gasteiger partial charge on any atom is 0.264 e. The molecule has 0 atom stereocenters. The van der Waals surface area contributed by atoms with Crippen LogP contribution in [0.1, 0.15) is 12.5 Å². The van der Waals surface area contributed by atoms with E-state index >= 15 is 0 Å². The Bertz CT molecular complexity index is 513. The fourth-order valence-electron chi connectivity index (χ4n) is 1.49. The number of aryl methyl sites for hydroxylation is 1. The van der Waals surface area contributed by atoms with Crippen molar-refractivity contribution >= 4 is 11.7 Å². The number of pyridine rings is 1. The summed E-state index contributed by atoms with van der Waals surface area (Å²) in [4.78, 5) is 15.4. The first-order chi connectivity index (χ1) is 9.80. The number of alkyl halides is 2. The molecule has 7 heteroatoms. The summed E-state index contributed by atoms with van der Waals surface area (Å²) in [5, 5.41) is 5.50. The second-order valence-electron chi connectivity index (χ2n) is 4.58. The molecule has 1 amide bonds. The molecule has 0 aliphatic carbocycles. The second kappa shape index (κ2) is 7.56. The van der Waals surface area contributed by atoms with E-state index in [0.717, 1.165) is 18.6 Å². The highest BCUT2D eigenvalue weighted by Gasteiger charge is 2.15. The van der Waals surface area contributed by atoms with Gasteiger partial charge in [0.05, 0.1) is 7.11 Å². The van der Waals surface area contributed by atoms with Gasteiger partial charge < -0.3 is 15.4 Å². The Kier molecular flexibility index (Phi) is 6.08. The van der Waals surface area contributed by atoms with Crippen molar-refractivity contribution in [3.8, 4) is 5.88 Å². The maximum atomic E-state index is 12.5. The number of halogens is 2. The van der Waals surface area contributed by atoms with Gasteiger partial charge in [-0.05, 0) is 24.6 Å². The third kappa shape index (κ3) is 7.24. The van der Waals surface area contributed by atoms with Crippen LogP contribution in [0.5, 0.6) is 5.88 Å². The number of anilines is 1. The van der Waals surface area contributed by atoms with Gasteiger partial charge in [-0.25, -0.2) is 8.78 Å². The highest BCUT2D eigenvalue weighted by molar-refractivity contribution is 5.87. The lowest BCUT2D eigenvalue weighted by Crippen LogP contribution is -2.27. The number of nitrogens with zero attached hydrogens (tertiary/aromatic N) is 1. The Labute approximate surface area is 122 Å². The van der Waals surface area contributed by atoms with Crippen LogP contribution in [0.15, 0.2) is 24.3 Å². The van der Waals surface area contributed by atoms with Gasteiger partial charge in [0.2, 0.25) is 11.8 Å². The van der Waals surface area contributed by atoms with Crippen LogP contribution >= 0.6 is 0 Å². The van der Waals surface area contributed by atoms with Crippen molar-refractivity contribution in [2.45, 2.75) is 19.8 Å². The number of allylic oxidation sites excluding steroid dienone is 1. The van der Waals surface area contributed by atoms with Crippen molar-refractivity contribution in [1.29, 1.82) is 0 Å². The number of nitrogens with one attached hydrogen (secondary N) is 2. The number of hydrogen-bond acceptors (Lipinski definition) is 4. The highest BCUT2D eigenvalue weighted by Crippen LogP contribution is 2.14. The third-order valence-electron chi connectivity index (χ3n) is 2.41. The summed E-state index contributed by atoms with van der Waals surface area (Å²) < 4.78 is 30.0. The Balaban J connectivity index is 2.36. The smallest absolute Gasteiger partial charge is 0.264 e. The summed E-state index contributed by atoms with van der Waals surface area (Å²) in [5.74, 6) is -2.43. The molecule has 116 valence electrons. The van der Waals surface area contributed by atoms with E-state index in [2.05, 4.69) is 15.6 Å². The molecule has 0 bridgehead atoms. The fraction of sp³-hybridized carbons (Fsp3) is 0.429. The maximum absolute atomic E-state index is 12.5. The van der Waals surface area contributed by atoms with E-state index in [1.54, 1.807) is 6.07 Å². The lowest BCUT2D eigenvalue weighted by atomic mass is 10.3. The Hall–Kier alpha value is -2.18. The normalized spacial score (nSPS) is 11.5. The van der Waals surface area contributed by atoms with Crippen molar-refractivity contribution in [3.63, 3.8) is 0 Å².